The molecule has 0 fully saturated rings. The number of benzene rings is 1. The van der Waals surface area contributed by atoms with Crippen molar-refractivity contribution in [2.45, 2.75) is 6.92 Å². The molecule has 2 aromatic rings. The van der Waals surface area contributed by atoms with Gasteiger partial charge in [-0.2, -0.15) is 0 Å². The van der Waals surface area contributed by atoms with Crippen molar-refractivity contribution in [2.24, 2.45) is 0 Å². The molecule has 2 amide bonds. The normalized spacial score (nSPS) is 10.3. The molecule has 0 atom stereocenters. The summed E-state index contributed by atoms with van der Waals surface area (Å²) in [7, 11) is 7.36. The number of hydrogen-bond donors (Lipinski definition) is 2. The van der Waals surface area contributed by atoms with Gasteiger partial charge in [0.1, 0.15) is 13.6 Å². The highest BCUT2D eigenvalue weighted by molar-refractivity contribution is 7.22. The van der Waals surface area contributed by atoms with Crippen molar-refractivity contribution >= 4 is 46.0 Å². The second kappa shape index (κ2) is 5.26. The molecule has 0 unspecified atom stereocenters. The lowest BCUT2D eigenvalue weighted by Crippen LogP contribution is -2.28. The van der Waals surface area contributed by atoms with Gasteiger partial charge >= 0.3 is 6.03 Å². The fourth-order valence-electron chi connectivity index (χ4n) is 1.50. The molecule has 2 rings (SSSR count). The lowest BCUT2D eigenvalue weighted by Gasteiger charge is -2.03. The maximum absolute atomic E-state index is 11.4. The van der Waals surface area contributed by atoms with E-state index in [0.717, 1.165) is 10.2 Å². The Balaban J connectivity index is 2.29. The van der Waals surface area contributed by atoms with E-state index >= 15 is 0 Å². The Labute approximate surface area is 110 Å². The molecule has 92 valence electrons. The van der Waals surface area contributed by atoms with Crippen LogP contribution in [0.5, 0.6) is 5.75 Å². The molecule has 0 bridgehead atoms. The van der Waals surface area contributed by atoms with Crippen molar-refractivity contribution in [2.75, 3.05) is 19.0 Å². The fourth-order valence-corrected chi connectivity index (χ4v) is 2.37. The van der Waals surface area contributed by atoms with Gasteiger partial charge < -0.3 is 10.1 Å². The molecular formula is C11H12BN3O2S. The maximum atomic E-state index is 11.4. The Morgan fingerprint density at radius 1 is 1.56 bits per heavy atom. The predicted molar refractivity (Wildman–Crippen MR) is 74.3 cm³/mol. The molecular weight excluding hydrogens is 249 g/mol. The van der Waals surface area contributed by atoms with Gasteiger partial charge in [0.25, 0.3) is 0 Å². The first-order valence-electron chi connectivity index (χ1n) is 5.43. The van der Waals surface area contributed by atoms with Crippen LogP contribution >= 0.6 is 11.3 Å². The van der Waals surface area contributed by atoms with Crippen LogP contribution in [0.4, 0.5) is 9.93 Å². The van der Waals surface area contributed by atoms with E-state index in [-0.39, 0.29) is 6.03 Å². The molecule has 18 heavy (non-hydrogen) atoms. The number of thiazole rings is 1. The van der Waals surface area contributed by atoms with E-state index in [4.69, 9.17) is 12.6 Å². The Hall–Kier alpha value is -1.76. The summed E-state index contributed by atoms with van der Waals surface area (Å²) in [6.07, 6.45) is 0. The predicted octanol–water partition coefficient (Wildman–Crippen LogP) is 1.24. The summed E-state index contributed by atoms with van der Waals surface area (Å²) in [6, 6.07) is 3.27. The molecule has 0 aliphatic carbocycles. The van der Waals surface area contributed by atoms with Crippen molar-refractivity contribution in [1.29, 1.82) is 0 Å². The lowest BCUT2D eigenvalue weighted by atomic mass is 9.95. The highest BCUT2D eigenvalue weighted by Gasteiger charge is 2.09. The number of anilines is 1. The first kappa shape index (κ1) is 12.7. The number of ether oxygens (including phenoxy) is 1. The topological polar surface area (TPSA) is 63.2 Å². The van der Waals surface area contributed by atoms with Gasteiger partial charge in [-0.1, -0.05) is 16.8 Å². The molecule has 0 aliphatic heterocycles. The summed E-state index contributed by atoms with van der Waals surface area (Å²) >= 11 is 1.37. The zero-order chi connectivity index (χ0) is 13.1. The third-order valence-corrected chi connectivity index (χ3v) is 3.23. The van der Waals surface area contributed by atoms with E-state index in [1.807, 2.05) is 13.0 Å². The summed E-state index contributed by atoms with van der Waals surface area (Å²) in [5.74, 6) is 0.607. The Morgan fingerprint density at radius 3 is 3.00 bits per heavy atom. The van der Waals surface area contributed by atoms with E-state index in [9.17, 15) is 4.79 Å². The zero-order valence-corrected chi connectivity index (χ0v) is 10.9. The number of amides is 2. The van der Waals surface area contributed by atoms with Crippen molar-refractivity contribution in [3.05, 3.63) is 12.1 Å². The standard InChI is InChI=1S/C11H12BN3O2S/c1-3-13-10(16)15-11-14-7-4-6(12)8(17-2)5-9(7)18-11/h4-5H,3H2,1-2H3,(H2,13,14,15,16). The highest BCUT2D eigenvalue weighted by atomic mass is 32.1. The molecule has 1 heterocycles. The first-order chi connectivity index (χ1) is 8.63. The molecule has 0 saturated carbocycles. The second-order valence-corrected chi connectivity index (χ2v) is 4.60. The Kier molecular flexibility index (Phi) is 3.71. The minimum Gasteiger partial charge on any atom is -0.497 e. The van der Waals surface area contributed by atoms with Crippen LogP contribution in [0.3, 0.4) is 0 Å². The van der Waals surface area contributed by atoms with Crippen LogP contribution in [0.15, 0.2) is 12.1 Å². The van der Waals surface area contributed by atoms with Gasteiger partial charge in [0.2, 0.25) is 0 Å². The fraction of sp³-hybridized carbons (Fsp3) is 0.273. The lowest BCUT2D eigenvalue weighted by molar-refractivity contribution is 0.252. The minimum absolute atomic E-state index is 0.267. The monoisotopic (exact) mass is 261 g/mol. The van der Waals surface area contributed by atoms with Crippen LogP contribution in [0, 0.1) is 0 Å². The summed E-state index contributed by atoms with van der Waals surface area (Å²) in [6.45, 7) is 2.42. The number of urea groups is 1. The number of rotatable bonds is 3. The first-order valence-corrected chi connectivity index (χ1v) is 6.24. The van der Waals surface area contributed by atoms with Crippen LogP contribution < -0.4 is 20.8 Å². The third-order valence-electron chi connectivity index (χ3n) is 2.30. The minimum atomic E-state index is -0.267. The third kappa shape index (κ3) is 2.56. The van der Waals surface area contributed by atoms with Gasteiger partial charge in [-0.15, -0.1) is 0 Å². The number of nitrogens with one attached hydrogen (secondary N) is 2. The summed E-state index contributed by atoms with van der Waals surface area (Å²) < 4.78 is 6.05. The number of carbonyl (C=O) groups excluding carboxylic acids is 1. The number of carbonyl (C=O) groups is 1. The molecule has 0 spiro atoms. The molecule has 1 aromatic carbocycles. The number of methoxy groups -OCH3 is 1. The van der Waals surface area contributed by atoms with Gasteiger partial charge in [-0.05, 0) is 19.1 Å². The number of hydrogen-bond acceptors (Lipinski definition) is 4. The van der Waals surface area contributed by atoms with Gasteiger partial charge in [-0.3, -0.25) is 5.32 Å². The average Bonchev–Trinajstić information content (AvgIpc) is 2.69. The quantitative estimate of drug-likeness (QED) is 0.817. The van der Waals surface area contributed by atoms with Crippen LogP contribution in [-0.2, 0) is 0 Å². The van der Waals surface area contributed by atoms with Crippen LogP contribution in [0.2, 0.25) is 0 Å². The van der Waals surface area contributed by atoms with Crippen LogP contribution in [0.25, 0.3) is 10.2 Å². The summed E-state index contributed by atoms with van der Waals surface area (Å²) in [4.78, 5) is 15.7. The van der Waals surface area contributed by atoms with E-state index < -0.39 is 0 Å². The SMILES string of the molecule is [B]c1cc2nc(NC(=O)NCC)sc2cc1OC. The van der Waals surface area contributed by atoms with Crippen molar-refractivity contribution in [3.63, 3.8) is 0 Å². The molecule has 0 aliphatic rings. The maximum Gasteiger partial charge on any atom is 0.321 e. The number of nitrogens with zero attached hydrogens (tertiary/aromatic N) is 1. The molecule has 2 N–H and O–H groups in total. The number of fused-ring (bicyclic) bond motifs is 1. The van der Waals surface area contributed by atoms with E-state index in [0.29, 0.717) is 22.9 Å². The van der Waals surface area contributed by atoms with Gasteiger partial charge in [0.15, 0.2) is 5.13 Å². The Morgan fingerprint density at radius 2 is 2.33 bits per heavy atom. The van der Waals surface area contributed by atoms with E-state index in [1.165, 1.54) is 11.3 Å². The van der Waals surface area contributed by atoms with Crippen LogP contribution in [-0.4, -0.2) is 32.5 Å². The molecule has 0 saturated heterocycles. The smallest absolute Gasteiger partial charge is 0.321 e. The zero-order valence-electron chi connectivity index (χ0n) is 10.1. The Bertz CT molecular complexity index is 585. The summed E-state index contributed by atoms with van der Waals surface area (Å²) in [5, 5.41) is 5.84. The van der Waals surface area contributed by atoms with Crippen molar-refractivity contribution in [1.82, 2.24) is 10.3 Å². The molecule has 5 nitrogen and oxygen atoms in total. The highest BCUT2D eigenvalue weighted by Crippen LogP contribution is 2.27. The van der Waals surface area contributed by atoms with Crippen LogP contribution in [0.1, 0.15) is 6.92 Å². The molecule has 1 aromatic heterocycles. The van der Waals surface area contributed by atoms with E-state index in [2.05, 4.69) is 15.6 Å². The van der Waals surface area contributed by atoms with Crippen molar-refractivity contribution in [3.8, 4) is 5.75 Å². The largest absolute Gasteiger partial charge is 0.497 e. The number of aromatic nitrogens is 1. The molecule has 2 radical (unpaired) electrons. The van der Waals surface area contributed by atoms with Crippen molar-refractivity contribution < 1.29 is 9.53 Å². The summed E-state index contributed by atoms with van der Waals surface area (Å²) in [5.41, 5.74) is 1.27. The second-order valence-electron chi connectivity index (χ2n) is 3.57. The van der Waals surface area contributed by atoms with E-state index in [1.54, 1.807) is 13.2 Å². The van der Waals surface area contributed by atoms with Gasteiger partial charge in [0, 0.05) is 6.54 Å². The van der Waals surface area contributed by atoms with Gasteiger partial charge in [0.05, 0.1) is 17.3 Å². The molecule has 7 heteroatoms. The average molecular weight is 261 g/mol. The van der Waals surface area contributed by atoms with Gasteiger partial charge in [-0.25, -0.2) is 9.78 Å².